The number of sulfone groups is 1. The summed E-state index contributed by atoms with van der Waals surface area (Å²) in [5.74, 6) is 0. The molecule has 0 saturated heterocycles. The third-order valence-corrected chi connectivity index (χ3v) is 6.53. The van der Waals surface area contributed by atoms with Crippen LogP contribution in [0.15, 0.2) is 71.0 Å². The van der Waals surface area contributed by atoms with Crippen molar-refractivity contribution in [1.29, 1.82) is 0 Å². The first-order valence-corrected chi connectivity index (χ1v) is 12.4. The van der Waals surface area contributed by atoms with Crippen LogP contribution in [0.1, 0.15) is 16.8 Å². The molecule has 168 valence electrons. The lowest BCUT2D eigenvalue weighted by Gasteiger charge is -2.27. The Morgan fingerprint density at radius 2 is 1.85 bits per heavy atom. The van der Waals surface area contributed by atoms with Crippen molar-refractivity contribution in [2.45, 2.75) is 24.7 Å². The van der Waals surface area contributed by atoms with Gasteiger partial charge in [-0.25, -0.2) is 18.1 Å². The average molecular weight is 463 g/mol. The number of benzene rings is 1. The lowest BCUT2D eigenvalue weighted by atomic mass is 10.1. The van der Waals surface area contributed by atoms with Crippen molar-refractivity contribution in [2.24, 2.45) is 0 Å². The molecule has 0 bridgehead atoms. The molecule has 4 heterocycles. The molecule has 0 saturated carbocycles. The number of fused-ring (bicyclic) bond motifs is 1. The molecule has 0 unspecified atom stereocenters. The third kappa shape index (κ3) is 4.35. The average Bonchev–Trinajstić information content (AvgIpc) is 3.24. The third-order valence-electron chi connectivity index (χ3n) is 5.64. The fraction of sp³-hybridized carbons (Fsp3) is 0.217. The second kappa shape index (κ2) is 8.38. The lowest BCUT2D eigenvalue weighted by Crippen LogP contribution is -2.36. The molecule has 9 nitrogen and oxygen atoms in total. The maximum absolute atomic E-state index is 12.6. The highest BCUT2D eigenvalue weighted by Crippen LogP contribution is 2.26. The Bertz CT molecular complexity index is 1460. The van der Waals surface area contributed by atoms with Crippen LogP contribution in [0, 0.1) is 0 Å². The number of H-pyrrole nitrogens is 1. The molecular formula is C23H22N6O3S. The van der Waals surface area contributed by atoms with Gasteiger partial charge in [-0.15, -0.1) is 0 Å². The number of rotatable bonds is 5. The molecule has 5 rings (SSSR count). The molecule has 4 aromatic rings. The summed E-state index contributed by atoms with van der Waals surface area (Å²) in [7, 11) is -3.58. The molecule has 1 N–H and O–H groups in total. The Hall–Kier alpha value is -3.63. The Morgan fingerprint density at radius 1 is 1.09 bits per heavy atom. The molecule has 0 atom stereocenters. The molecule has 10 heteroatoms. The first-order chi connectivity index (χ1) is 15.9. The summed E-state index contributed by atoms with van der Waals surface area (Å²) in [6, 6.07) is 13.7. The summed E-state index contributed by atoms with van der Waals surface area (Å²) < 4.78 is 25.5. The summed E-state index contributed by atoms with van der Waals surface area (Å²) in [5, 5.41) is 4.56. The number of aromatic nitrogens is 5. The van der Waals surface area contributed by atoms with Crippen molar-refractivity contribution in [3.63, 3.8) is 0 Å². The summed E-state index contributed by atoms with van der Waals surface area (Å²) >= 11 is 0. The van der Waals surface area contributed by atoms with Crippen molar-refractivity contribution in [3.8, 4) is 16.9 Å². The Balaban J connectivity index is 1.48. The maximum Gasteiger partial charge on any atom is 0.256 e. The van der Waals surface area contributed by atoms with E-state index < -0.39 is 15.4 Å². The number of aromatic amines is 1. The van der Waals surface area contributed by atoms with Crippen LogP contribution in [0.4, 0.5) is 0 Å². The first-order valence-electron chi connectivity index (χ1n) is 10.5. The predicted octanol–water partition coefficient (Wildman–Crippen LogP) is 1.98. The van der Waals surface area contributed by atoms with Crippen molar-refractivity contribution >= 4 is 9.84 Å². The molecule has 0 radical (unpaired) electrons. The van der Waals surface area contributed by atoms with Gasteiger partial charge >= 0.3 is 0 Å². The predicted molar refractivity (Wildman–Crippen MR) is 123 cm³/mol. The van der Waals surface area contributed by atoms with Gasteiger partial charge in [-0.1, -0.05) is 18.2 Å². The van der Waals surface area contributed by atoms with Gasteiger partial charge in [0, 0.05) is 62.0 Å². The summed E-state index contributed by atoms with van der Waals surface area (Å²) in [4.78, 5) is 25.5. The molecule has 0 spiro atoms. The van der Waals surface area contributed by atoms with E-state index in [-0.39, 0.29) is 5.16 Å². The standard InChI is InChI=1S/C23H22N6O3S/c1-33(31,32)23-25-20-9-12-28(15-19(20)22(30)26-23)13-17-14-29(18-5-3-2-4-6-18)27-21(17)16-7-10-24-11-8-16/h2-8,10-11,14H,9,12-13,15H2,1H3,(H,25,26,30). The second-order valence-corrected chi connectivity index (χ2v) is 9.98. The molecule has 3 aromatic heterocycles. The van der Waals surface area contributed by atoms with Crippen LogP contribution in [0.25, 0.3) is 16.9 Å². The van der Waals surface area contributed by atoms with Gasteiger partial charge < -0.3 is 0 Å². The van der Waals surface area contributed by atoms with E-state index in [1.165, 1.54) is 0 Å². The molecule has 33 heavy (non-hydrogen) atoms. The van der Waals surface area contributed by atoms with Gasteiger partial charge in [0.05, 0.1) is 22.6 Å². The van der Waals surface area contributed by atoms with Crippen molar-refractivity contribution in [3.05, 3.63) is 88.2 Å². The number of pyridine rings is 1. The van der Waals surface area contributed by atoms with Crippen LogP contribution < -0.4 is 5.56 Å². The highest BCUT2D eigenvalue weighted by molar-refractivity contribution is 7.90. The van der Waals surface area contributed by atoms with E-state index in [1.807, 2.05) is 53.3 Å². The SMILES string of the molecule is CS(=O)(=O)c1nc2c(c(=O)[nH]1)CN(Cc1cn(-c3ccccc3)nc1-c1ccncc1)CC2. The van der Waals surface area contributed by atoms with Gasteiger partial charge in [-0.2, -0.15) is 5.10 Å². The van der Waals surface area contributed by atoms with Gasteiger partial charge in [-0.05, 0) is 24.3 Å². The van der Waals surface area contributed by atoms with Crippen LogP contribution in [-0.4, -0.2) is 50.9 Å². The van der Waals surface area contributed by atoms with Crippen LogP contribution in [0.3, 0.4) is 0 Å². The number of nitrogens with zero attached hydrogens (tertiary/aromatic N) is 5. The fourth-order valence-corrected chi connectivity index (χ4v) is 4.55. The maximum atomic E-state index is 12.6. The smallest absolute Gasteiger partial charge is 0.256 e. The van der Waals surface area contributed by atoms with Gasteiger partial charge in [0.1, 0.15) is 0 Å². The number of hydrogen-bond donors (Lipinski definition) is 1. The molecule has 1 aliphatic heterocycles. The fourth-order valence-electron chi connectivity index (χ4n) is 4.00. The number of para-hydroxylation sites is 1. The van der Waals surface area contributed by atoms with E-state index in [0.717, 1.165) is 28.8 Å². The Kier molecular flexibility index (Phi) is 5.39. The topological polar surface area (TPSA) is 114 Å². The highest BCUT2D eigenvalue weighted by Gasteiger charge is 2.25. The molecular weight excluding hydrogens is 440 g/mol. The lowest BCUT2D eigenvalue weighted by molar-refractivity contribution is 0.241. The van der Waals surface area contributed by atoms with Crippen molar-refractivity contribution in [2.75, 3.05) is 12.8 Å². The number of nitrogens with one attached hydrogen (secondary N) is 1. The van der Waals surface area contributed by atoms with Crippen LogP contribution in [0.5, 0.6) is 0 Å². The minimum absolute atomic E-state index is 0.274. The van der Waals surface area contributed by atoms with Gasteiger partial charge in [0.25, 0.3) is 5.56 Å². The first kappa shape index (κ1) is 21.2. The zero-order valence-electron chi connectivity index (χ0n) is 18.0. The molecule has 0 fully saturated rings. The molecule has 1 aliphatic rings. The Morgan fingerprint density at radius 3 is 2.58 bits per heavy atom. The van der Waals surface area contributed by atoms with Gasteiger partial charge in [0.15, 0.2) is 0 Å². The van der Waals surface area contributed by atoms with E-state index in [2.05, 4.69) is 19.9 Å². The molecule has 0 amide bonds. The number of hydrogen-bond acceptors (Lipinski definition) is 7. The minimum atomic E-state index is -3.58. The zero-order chi connectivity index (χ0) is 23.0. The summed E-state index contributed by atoms with van der Waals surface area (Å²) in [6.45, 7) is 1.62. The van der Waals surface area contributed by atoms with E-state index in [9.17, 15) is 13.2 Å². The van der Waals surface area contributed by atoms with E-state index in [1.54, 1.807) is 12.4 Å². The van der Waals surface area contributed by atoms with E-state index in [0.29, 0.717) is 37.3 Å². The summed E-state index contributed by atoms with van der Waals surface area (Å²) in [5.41, 5.74) is 4.44. The van der Waals surface area contributed by atoms with E-state index >= 15 is 0 Å². The quantitative estimate of drug-likeness (QED) is 0.451. The molecule has 1 aromatic carbocycles. The monoisotopic (exact) mass is 462 g/mol. The van der Waals surface area contributed by atoms with Crippen LogP contribution >= 0.6 is 0 Å². The normalized spacial score (nSPS) is 14.2. The van der Waals surface area contributed by atoms with Gasteiger partial charge in [0.2, 0.25) is 15.0 Å². The van der Waals surface area contributed by atoms with Crippen LogP contribution in [0.2, 0.25) is 0 Å². The second-order valence-electron chi connectivity index (χ2n) is 8.05. The minimum Gasteiger partial charge on any atom is -0.297 e. The van der Waals surface area contributed by atoms with Crippen molar-refractivity contribution < 1.29 is 8.42 Å². The highest BCUT2D eigenvalue weighted by atomic mass is 32.2. The van der Waals surface area contributed by atoms with E-state index in [4.69, 9.17) is 5.10 Å². The molecule has 0 aliphatic carbocycles. The Labute approximate surface area is 190 Å². The largest absolute Gasteiger partial charge is 0.297 e. The van der Waals surface area contributed by atoms with Crippen LogP contribution in [-0.2, 0) is 29.3 Å². The van der Waals surface area contributed by atoms with Crippen molar-refractivity contribution in [1.82, 2.24) is 29.6 Å². The zero-order valence-corrected chi connectivity index (χ0v) is 18.8. The summed E-state index contributed by atoms with van der Waals surface area (Å²) in [6.07, 6.45) is 7.03. The van der Waals surface area contributed by atoms with Gasteiger partial charge in [-0.3, -0.25) is 19.7 Å².